The van der Waals surface area contributed by atoms with Crippen LogP contribution in [0.2, 0.25) is 0 Å². The highest BCUT2D eigenvalue weighted by atomic mass is 16.7. The van der Waals surface area contributed by atoms with Crippen molar-refractivity contribution in [3.8, 4) is 0 Å². The molecular formula is C19H27NO13. The number of esters is 4. The molecule has 2 N–H and O–H groups in total. The van der Waals surface area contributed by atoms with Crippen LogP contribution in [0.3, 0.4) is 0 Å². The van der Waals surface area contributed by atoms with Gasteiger partial charge in [-0.15, -0.1) is 0 Å². The van der Waals surface area contributed by atoms with Gasteiger partial charge >= 0.3 is 29.8 Å². The van der Waals surface area contributed by atoms with Crippen LogP contribution in [0.1, 0.15) is 34.1 Å². The summed E-state index contributed by atoms with van der Waals surface area (Å²) in [5.74, 6) is -8.58. The number of hydrogen-bond acceptors (Lipinski definition) is 12. The first-order chi connectivity index (χ1) is 15.3. The number of carbonyl (C=O) groups excluding carboxylic acids is 5. The minimum Gasteiger partial charge on any atom is -0.478 e. The largest absolute Gasteiger partial charge is 0.478 e. The highest BCUT2D eigenvalue weighted by molar-refractivity contribution is 5.80. The molecule has 1 aliphatic heterocycles. The minimum atomic E-state index is -2.26. The number of hydrogen-bond donors (Lipinski definition) is 2. The van der Waals surface area contributed by atoms with Crippen LogP contribution in [0, 0.1) is 0 Å². The van der Waals surface area contributed by atoms with E-state index in [0.29, 0.717) is 0 Å². The Kier molecular flexibility index (Phi) is 9.73. The SMILES string of the molecule is COC(=O)[C@]1(OC)C[C@H](OC(C)=O)[C@@H](NC(C)=O)[C@H]([C@H](OC(C)=O)[C@H](OC(C)=O)C(=O)O)O1. The van der Waals surface area contributed by atoms with Crippen molar-refractivity contribution in [1.82, 2.24) is 5.32 Å². The smallest absolute Gasteiger partial charge is 0.366 e. The predicted molar refractivity (Wildman–Crippen MR) is 103 cm³/mol. The van der Waals surface area contributed by atoms with E-state index in [1.165, 1.54) is 0 Å². The van der Waals surface area contributed by atoms with Crippen LogP contribution in [-0.2, 0) is 57.2 Å². The van der Waals surface area contributed by atoms with Crippen molar-refractivity contribution in [1.29, 1.82) is 0 Å². The van der Waals surface area contributed by atoms with Gasteiger partial charge < -0.3 is 38.8 Å². The Balaban J connectivity index is 3.74. The van der Waals surface area contributed by atoms with Crippen LogP contribution in [-0.4, -0.2) is 91.3 Å². The highest BCUT2D eigenvalue weighted by Gasteiger charge is 2.59. The Hall–Kier alpha value is -3.26. The number of methoxy groups -OCH3 is 2. The van der Waals surface area contributed by atoms with E-state index in [9.17, 15) is 33.9 Å². The summed E-state index contributed by atoms with van der Waals surface area (Å²) in [6, 6.07) is -1.36. The molecule has 1 fully saturated rings. The minimum absolute atomic E-state index is 0.477. The molecule has 1 rings (SSSR count). The zero-order valence-corrected chi connectivity index (χ0v) is 18.9. The Morgan fingerprint density at radius 3 is 1.94 bits per heavy atom. The fourth-order valence-corrected chi connectivity index (χ4v) is 3.39. The summed E-state index contributed by atoms with van der Waals surface area (Å²) < 4.78 is 30.8. The van der Waals surface area contributed by atoms with Gasteiger partial charge in [-0.2, -0.15) is 0 Å². The molecule has 186 valence electrons. The molecule has 0 aromatic carbocycles. The third-order valence-electron chi connectivity index (χ3n) is 4.52. The van der Waals surface area contributed by atoms with Crippen LogP contribution >= 0.6 is 0 Å². The summed E-state index contributed by atoms with van der Waals surface area (Å²) in [6.45, 7) is 4.04. The number of carboxylic acids is 1. The molecule has 6 atom stereocenters. The van der Waals surface area contributed by atoms with Crippen molar-refractivity contribution in [3.05, 3.63) is 0 Å². The summed E-state index contributed by atoms with van der Waals surface area (Å²) in [6.07, 6.45) is -7.59. The molecule has 0 aliphatic carbocycles. The average molecular weight is 477 g/mol. The summed E-state index contributed by atoms with van der Waals surface area (Å²) in [4.78, 5) is 71.4. The van der Waals surface area contributed by atoms with Gasteiger partial charge in [0.15, 0.2) is 6.10 Å². The number of carbonyl (C=O) groups is 6. The maximum Gasteiger partial charge on any atom is 0.366 e. The fraction of sp³-hybridized carbons (Fsp3) is 0.684. The third kappa shape index (κ3) is 7.12. The van der Waals surface area contributed by atoms with E-state index in [1.54, 1.807) is 0 Å². The molecule has 14 heteroatoms. The van der Waals surface area contributed by atoms with Gasteiger partial charge in [0, 0.05) is 34.8 Å². The van der Waals surface area contributed by atoms with Crippen LogP contribution in [0.25, 0.3) is 0 Å². The van der Waals surface area contributed by atoms with Crippen LogP contribution in [0.15, 0.2) is 0 Å². The van der Waals surface area contributed by atoms with Crippen LogP contribution in [0.4, 0.5) is 0 Å². The normalized spacial score (nSPS) is 26.2. The van der Waals surface area contributed by atoms with Crippen molar-refractivity contribution < 1.29 is 62.3 Å². The Morgan fingerprint density at radius 1 is 0.970 bits per heavy atom. The van der Waals surface area contributed by atoms with Crippen LogP contribution < -0.4 is 5.32 Å². The van der Waals surface area contributed by atoms with Gasteiger partial charge in [-0.3, -0.25) is 19.2 Å². The molecule has 0 saturated carbocycles. The standard InChI is InChI=1S/C19H27NO13/c1-8(21)20-13-12(30-9(2)22)7-19(29-6,18(27)28-5)33-14(13)15(31-10(3)23)16(17(25)26)32-11(4)24/h12-16H,7H2,1-6H3,(H,20,21)(H,25,26)/t12-,13+,14+,15-,16-,19-/m0/s1. The second-order valence-electron chi connectivity index (χ2n) is 7.05. The molecule has 0 unspecified atom stereocenters. The molecule has 0 aromatic heterocycles. The number of nitrogens with one attached hydrogen (secondary N) is 1. The highest BCUT2D eigenvalue weighted by Crippen LogP contribution is 2.36. The molecule has 1 amide bonds. The van der Waals surface area contributed by atoms with Gasteiger partial charge in [0.1, 0.15) is 12.2 Å². The lowest BCUT2D eigenvalue weighted by atomic mass is 9.88. The molecular weight excluding hydrogens is 450 g/mol. The van der Waals surface area contributed by atoms with Crippen molar-refractivity contribution >= 4 is 35.8 Å². The van der Waals surface area contributed by atoms with E-state index in [0.717, 1.165) is 41.9 Å². The second-order valence-corrected chi connectivity index (χ2v) is 7.05. The maximum atomic E-state index is 12.5. The Labute approximate surface area is 188 Å². The van der Waals surface area contributed by atoms with Gasteiger partial charge in [0.25, 0.3) is 5.79 Å². The summed E-state index contributed by atoms with van der Waals surface area (Å²) in [5, 5.41) is 12.1. The van der Waals surface area contributed by atoms with Crippen molar-refractivity contribution in [2.75, 3.05) is 14.2 Å². The monoisotopic (exact) mass is 477 g/mol. The Morgan fingerprint density at radius 2 is 1.55 bits per heavy atom. The number of carboxylic acid groups (broad SMARTS) is 1. The molecule has 1 aliphatic rings. The summed E-state index contributed by atoms with van der Waals surface area (Å²) in [5.41, 5.74) is 0. The van der Waals surface area contributed by atoms with E-state index in [-0.39, 0.29) is 0 Å². The quantitative estimate of drug-likeness (QED) is 0.294. The first-order valence-corrected chi connectivity index (χ1v) is 9.60. The van der Waals surface area contributed by atoms with Crippen molar-refractivity contribution in [3.63, 3.8) is 0 Å². The lowest BCUT2D eigenvalue weighted by molar-refractivity contribution is -0.306. The second kappa shape index (κ2) is 11.6. The first kappa shape index (κ1) is 27.8. The topological polar surface area (TPSA) is 190 Å². The van der Waals surface area contributed by atoms with E-state index >= 15 is 0 Å². The number of amides is 1. The number of ether oxygens (including phenoxy) is 6. The zero-order valence-electron chi connectivity index (χ0n) is 18.9. The lowest BCUT2D eigenvalue weighted by Gasteiger charge is -2.47. The number of aliphatic carboxylic acids is 1. The van der Waals surface area contributed by atoms with Gasteiger partial charge in [0.05, 0.1) is 19.6 Å². The van der Waals surface area contributed by atoms with Gasteiger partial charge in [-0.25, -0.2) is 9.59 Å². The van der Waals surface area contributed by atoms with E-state index in [4.69, 9.17) is 28.4 Å². The van der Waals surface area contributed by atoms with Crippen molar-refractivity contribution in [2.45, 2.75) is 70.4 Å². The molecule has 1 saturated heterocycles. The molecule has 0 radical (unpaired) electrons. The van der Waals surface area contributed by atoms with E-state index < -0.39 is 78.4 Å². The molecule has 33 heavy (non-hydrogen) atoms. The van der Waals surface area contributed by atoms with Gasteiger partial charge in [0.2, 0.25) is 12.0 Å². The molecule has 0 spiro atoms. The van der Waals surface area contributed by atoms with E-state index in [1.807, 2.05) is 0 Å². The third-order valence-corrected chi connectivity index (χ3v) is 4.52. The average Bonchev–Trinajstić information content (AvgIpc) is 2.69. The van der Waals surface area contributed by atoms with Crippen LogP contribution in [0.5, 0.6) is 0 Å². The lowest BCUT2D eigenvalue weighted by Crippen LogP contribution is -2.69. The predicted octanol–water partition coefficient (Wildman–Crippen LogP) is -1.32. The number of rotatable bonds is 9. The maximum absolute atomic E-state index is 12.5. The summed E-state index contributed by atoms with van der Waals surface area (Å²) in [7, 11) is 2.09. The first-order valence-electron chi connectivity index (χ1n) is 9.60. The zero-order chi connectivity index (χ0) is 25.5. The fourth-order valence-electron chi connectivity index (χ4n) is 3.39. The summed E-state index contributed by atoms with van der Waals surface area (Å²) >= 11 is 0. The molecule has 0 bridgehead atoms. The van der Waals surface area contributed by atoms with Gasteiger partial charge in [-0.1, -0.05) is 0 Å². The Bertz CT molecular complexity index is 797. The van der Waals surface area contributed by atoms with Gasteiger partial charge in [-0.05, 0) is 0 Å². The molecule has 1 heterocycles. The molecule has 0 aromatic rings. The molecule has 14 nitrogen and oxygen atoms in total. The van der Waals surface area contributed by atoms with Crippen molar-refractivity contribution in [2.24, 2.45) is 0 Å². The van der Waals surface area contributed by atoms with E-state index in [2.05, 4.69) is 5.32 Å².